The van der Waals surface area contributed by atoms with Gasteiger partial charge in [-0.1, -0.05) is 13.0 Å². The average molecular weight is 437 g/mol. The number of piperazine rings is 1. The maximum atomic E-state index is 13.9. The van der Waals surface area contributed by atoms with Gasteiger partial charge in [0.15, 0.2) is 0 Å². The third-order valence-electron chi connectivity index (χ3n) is 6.37. The Labute approximate surface area is 187 Å². The van der Waals surface area contributed by atoms with E-state index < -0.39 is 0 Å². The first-order valence-electron chi connectivity index (χ1n) is 11.2. The summed E-state index contributed by atoms with van der Waals surface area (Å²) >= 11 is 0. The van der Waals surface area contributed by atoms with Gasteiger partial charge >= 0.3 is 0 Å². The van der Waals surface area contributed by atoms with Crippen LogP contribution in [0.15, 0.2) is 42.7 Å². The van der Waals surface area contributed by atoms with Crippen molar-refractivity contribution in [3.05, 3.63) is 59.7 Å². The zero-order valence-corrected chi connectivity index (χ0v) is 18.6. The van der Waals surface area contributed by atoms with E-state index in [1.807, 2.05) is 6.07 Å². The van der Waals surface area contributed by atoms with Gasteiger partial charge in [-0.15, -0.1) is 5.10 Å². The van der Waals surface area contributed by atoms with E-state index >= 15 is 0 Å². The van der Waals surface area contributed by atoms with Gasteiger partial charge in [0.2, 0.25) is 5.95 Å². The second-order valence-electron chi connectivity index (χ2n) is 8.53. The van der Waals surface area contributed by atoms with Crippen LogP contribution in [0.2, 0.25) is 0 Å². The summed E-state index contributed by atoms with van der Waals surface area (Å²) in [4.78, 5) is 9.35. The van der Waals surface area contributed by atoms with Crippen molar-refractivity contribution in [2.75, 3.05) is 49.6 Å². The lowest BCUT2D eigenvalue weighted by Gasteiger charge is -2.43. The molecule has 0 aliphatic carbocycles. The van der Waals surface area contributed by atoms with E-state index in [-0.39, 0.29) is 5.82 Å². The standard InChI is InChI=1S/C24H29FN6O/c1-3-18-10-19(12-21(11-18)29-6-8-30(9-7-29)22-14-32-15-22)27-24-26-16-31(28-24)20-5-4-17(2)23(25)13-20/h4-5,10-13,16,22H,3,6-9,14-15H2,1-2H3,(H,27,28). The minimum absolute atomic E-state index is 0.252. The molecule has 2 aromatic carbocycles. The molecule has 168 valence electrons. The van der Waals surface area contributed by atoms with Crippen LogP contribution in [0.5, 0.6) is 0 Å². The number of hydrogen-bond acceptors (Lipinski definition) is 6. The number of benzene rings is 2. The Balaban J connectivity index is 1.31. The van der Waals surface area contributed by atoms with Gasteiger partial charge in [-0.05, 0) is 54.8 Å². The van der Waals surface area contributed by atoms with Crippen molar-refractivity contribution in [3.8, 4) is 5.69 Å². The summed E-state index contributed by atoms with van der Waals surface area (Å²) < 4.78 is 20.9. The summed E-state index contributed by atoms with van der Waals surface area (Å²) in [5, 5.41) is 7.81. The molecule has 1 N–H and O–H groups in total. The molecule has 7 nitrogen and oxygen atoms in total. The predicted octanol–water partition coefficient (Wildman–Crippen LogP) is 3.54. The highest BCUT2D eigenvalue weighted by molar-refractivity contribution is 5.64. The van der Waals surface area contributed by atoms with Crippen molar-refractivity contribution in [1.29, 1.82) is 0 Å². The summed E-state index contributed by atoms with van der Waals surface area (Å²) in [5.41, 5.74) is 4.70. The van der Waals surface area contributed by atoms with Crippen molar-refractivity contribution in [3.63, 3.8) is 0 Å². The quantitative estimate of drug-likeness (QED) is 0.638. The van der Waals surface area contributed by atoms with Crippen molar-refractivity contribution >= 4 is 17.3 Å². The number of aryl methyl sites for hydroxylation is 2. The molecule has 2 saturated heterocycles. The highest BCUT2D eigenvalue weighted by Gasteiger charge is 2.29. The maximum absolute atomic E-state index is 13.9. The molecule has 0 spiro atoms. The van der Waals surface area contributed by atoms with Gasteiger partial charge in [0.05, 0.1) is 24.9 Å². The van der Waals surface area contributed by atoms with Gasteiger partial charge in [0, 0.05) is 37.6 Å². The molecule has 0 saturated carbocycles. The molecule has 0 bridgehead atoms. The minimum atomic E-state index is -0.252. The van der Waals surface area contributed by atoms with Crippen molar-refractivity contribution < 1.29 is 9.13 Å². The molecule has 8 heteroatoms. The monoisotopic (exact) mass is 436 g/mol. The summed E-state index contributed by atoms with van der Waals surface area (Å²) in [6.07, 6.45) is 2.55. The molecule has 2 aliphatic rings. The van der Waals surface area contributed by atoms with Crippen molar-refractivity contribution in [1.82, 2.24) is 19.7 Å². The SMILES string of the molecule is CCc1cc(Nc2ncn(-c3ccc(C)c(F)c3)n2)cc(N2CCN(C3COC3)CC2)c1. The molecule has 0 amide bonds. The van der Waals surface area contributed by atoms with E-state index in [1.165, 1.54) is 17.3 Å². The second-order valence-corrected chi connectivity index (χ2v) is 8.53. The number of nitrogens with zero attached hydrogens (tertiary/aromatic N) is 5. The van der Waals surface area contributed by atoms with Crippen LogP contribution < -0.4 is 10.2 Å². The fraction of sp³-hybridized carbons (Fsp3) is 0.417. The molecule has 2 fully saturated rings. The number of aromatic nitrogens is 3. The Morgan fingerprint density at radius 2 is 1.88 bits per heavy atom. The first-order valence-corrected chi connectivity index (χ1v) is 11.2. The molecule has 2 aliphatic heterocycles. The van der Waals surface area contributed by atoms with Crippen LogP contribution in [-0.4, -0.2) is 65.1 Å². The molecular formula is C24H29FN6O. The fourth-order valence-electron chi connectivity index (χ4n) is 4.21. The molecule has 32 heavy (non-hydrogen) atoms. The smallest absolute Gasteiger partial charge is 0.246 e. The Morgan fingerprint density at radius 1 is 1.06 bits per heavy atom. The number of ether oxygens (including phenoxy) is 1. The van der Waals surface area contributed by atoms with Crippen LogP contribution in [0.25, 0.3) is 5.69 Å². The lowest BCUT2D eigenvalue weighted by Crippen LogP contribution is -2.56. The lowest BCUT2D eigenvalue weighted by molar-refractivity contribution is -0.0660. The van der Waals surface area contributed by atoms with Gasteiger partial charge in [0.25, 0.3) is 0 Å². The summed E-state index contributed by atoms with van der Waals surface area (Å²) in [7, 11) is 0. The van der Waals surface area contributed by atoms with Crippen molar-refractivity contribution in [2.45, 2.75) is 26.3 Å². The first-order chi connectivity index (χ1) is 15.6. The van der Waals surface area contributed by atoms with E-state index in [4.69, 9.17) is 4.74 Å². The Hall–Kier alpha value is -2.97. The summed E-state index contributed by atoms with van der Waals surface area (Å²) in [6, 6.07) is 12.2. The van der Waals surface area contributed by atoms with E-state index in [1.54, 1.807) is 24.0 Å². The normalized spacial score (nSPS) is 17.4. The van der Waals surface area contributed by atoms with E-state index in [2.05, 4.69) is 50.3 Å². The van der Waals surface area contributed by atoms with Gasteiger partial charge in [-0.25, -0.2) is 9.07 Å². The Kier molecular flexibility index (Phi) is 5.80. The van der Waals surface area contributed by atoms with Crippen LogP contribution in [0.1, 0.15) is 18.1 Å². The maximum Gasteiger partial charge on any atom is 0.246 e. The van der Waals surface area contributed by atoms with E-state index in [0.29, 0.717) is 23.2 Å². The van der Waals surface area contributed by atoms with Gasteiger partial charge in [-0.2, -0.15) is 4.98 Å². The number of nitrogens with one attached hydrogen (secondary N) is 1. The third kappa shape index (κ3) is 4.33. The van der Waals surface area contributed by atoms with E-state index in [0.717, 1.165) is 51.5 Å². The average Bonchev–Trinajstić information content (AvgIpc) is 3.23. The second kappa shape index (κ2) is 8.88. The number of rotatable bonds is 6. The summed E-state index contributed by atoms with van der Waals surface area (Å²) in [5.74, 6) is 0.234. The van der Waals surface area contributed by atoms with Crippen LogP contribution in [0, 0.1) is 12.7 Å². The Bertz CT molecular complexity index is 1090. The molecular weight excluding hydrogens is 407 g/mol. The van der Waals surface area contributed by atoms with Gasteiger partial charge < -0.3 is 15.0 Å². The molecule has 3 heterocycles. The molecule has 1 aromatic heterocycles. The Morgan fingerprint density at radius 3 is 2.56 bits per heavy atom. The van der Waals surface area contributed by atoms with E-state index in [9.17, 15) is 4.39 Å². The largest absolute Gasteiger partial charge is 0.378 e. The zero-order chi connectivity index (χ0) is 22.1. The number of halogens is 1. The zero-order valence-electron chi connectivity index (χ0n) is 18.6. The predicted molar refractivity (Wildman–Crippen MR) is 124 cm³/mol. The minimum Gasteiger partial charge on any atom is -0.378 e. The van der Waals surface area contributed by atoms with Crippen LogP contribution >= 0.6 is 0 Å². The fourth-order valence-corrected chi connectivity index (χ4v) is 4.21. The molecule has 5 rings (SSSR count). The highest BCUT2D eigenvalue weighted by Crippen LogP contribution is 2.27. The summed E-state index contributed by atoms with van der Waals surface area (Å²) in [6.45, 7) is 9.79. The van der Waals surface area contributed by atoms with Gasteiger partial charge in [0.1, 0.15) is 12.1 Å². The number of anilines is 3. The number of hydrogen-bond donors (Lipinski definition) is 1. The molecule has 3 aromatic rings. The van der Waals surface area contributed by atoms with Crippen molar-refractivity contribution in [2.24, 2.45) is 0 Å². The van der Waals surface area contributed by atoms with Crippen LogP contribution in [0.4, 0.5) is 21.7 Å². The topological polar surface area (TPSA) is 58.5 Å². The van der Waals surface area contributed by atoms with Gasteiger partial charge in [-0.3, -0.25) is 4.90 Å². The molecule has 0 radical (unpaired) electrons. The molecule has 0 unspecified atom stereocenters. The first kappa shape index (κ1) is 20.9. The van der Waals surface area contributed by atoms with Crippen LogP contribution in [0.3, 0.4) is 0 Å². The highest BCUT2D eigenvalue weighted by atomic mass is 19.1. The molecule has 0 atom stereocenters. The lowest BCUT2D eigenvalue weighted by atomic mass is 10.1. The third-order valence-corrected chi connectivity index (χ3v) is 6.37. The van der Waals surface area contributed by atoms with Crippen LogP contribution in [-0.2, 0) is 11.2 Å².